The number of halogens is 4. The first kappa shape index (κ1) is 25.5. The molecule has 3 rings (SSSR count). The van der Waals surface area contributed by atoms with E-state index in [4.69, 9.17) is 0 Å². The van der Waals surface area contributed by atoms with E-state index in [2.05, 4.69) is 15.2 Å². The van der Waals surface area contributed by atoms with Crippen LogP contribution in [0.1, 0.15) is 21.5 Å². The summed E-state index contributed by atoms with van der Waals surface area (Å²) in [5, 5.41) is 5.85. The molecule has 0 fully saturated rings. The summed E-state index contributed by atoms with van der Waals surface area (Å²) in [7, 11) is -3.04. The predicted octanol–water partition coefficient (Wildman–Crippen LogP) is 4.86. The van der Waals surface area contributed by atoms with Crippen LogP contribution in [0.15, 0.2) is 58.5 Å². The molecule has 3 aromatic carbocycles. The van der Waals surface area contributed by atoms with Crippen LogP contribution in [-0.4, -0.2) is 27.7 Å². The smallest absolute Gasteiger partial charge is 0.340 e. The minimum absolute atomic E-state index is 0.0868. The summed E-state index contributed by atoms with van der Waals surface area (Å²) in [4.78, 5) is 14.0. The molecular weight excluding hydrogens is 586 g/mol. The van der Waals surface area contributed by atoms with E-state index in [0.717, 1.165) is 24.8 Å². The van der Waals surface area contributed by atoms with Crippen molar-refractivity contribution in [2.75, 3.05) is 12.4 Å². The molecule has 12 heteroatoms. The van der Waals surface area contributed by atoms with E-state index in [1.54, 1.807) is 19.1 Å². The first-order chi connectivity index (χ1) is 16.0. The zero-order valence-electron chi connectivity index (χ0n) is 17.7. The van der Waals surface area contributed by atoms with Crippen LogP contribution in [0.2, 0.25) is 0 Å². The van der Waals surface area contributed by atoms with E-state index in [0.29, 0.717) is 9.78 Å². The molecule has 2 N–H and O–H groups in total. The maximum Gasteiger partial charge on any atom is 0.340 e. The maximum atomic E-state index is 14.9. The number of hydrogen-bond acceptors (Lipinski definition) is 6. The molecule has 0 aliphatic heterocycles. The third-order valence-electron chi connectivity index (χ3n) is 4.54. The third-order valence-corrected chi connectivity index (χ3v) is 6.45. The number of hydrogen-bond donors (Lipinski definition) is 2. The van der Waals surface area contributed by atoms with Gasteiger partial charge in [-0.1, -0.05) is 17.7 Å². The Morgan fingerprint density at radius 3 is 2.35 bits per heavy atom. The number of benzene rings is 3. The highest BCUT2D eigenvalue weighted by Gasteiger charge is 2.24. The second-order valence-corrected chi connectivity index (χ2v) is 9.83. The van der Waals surface area contributed by atoms with Gasteiger partial charge in [0, 0.05) is 9.13 Å². The van der Waals surface area contributed by atoms with Gasteiger partial charge in [-0.3, -0.25) is 0 Å². The van der Waals surface area contributed by atoms with Gasteiger partial charge >= 0.3 is 5.97 Å². The van der Waals surface area contributed by atoms with Gasteiger partial charge in [0.05, 0.1) is 35.2 Å². The number of hydrazone groups is 1. The van der Waals surface area contributed by atoms with Crippen molar-refractivity contribution in [1.82, 2.24) is 4.83 Å². The molecule has 0 aliphatic rings. The van der Waals surface area contributed by atoms with Crippen molar-refractivity contribution < 1.29 is 31.1 Å². The van der Waals surface area contributed by atoms with E-state index < -0.39 is 50.3 Å². The fraction of sp³-hybridized carbons (Fsp3) is 0.0909. The average Bonchev–Trinajstić information content (AvgIpc) is 2.79. The molecule has 0 bridgehead atoms. The minimum atomic E-state index is -4.07. The molecule has 0 saturated heterocycles. The van der Waals surface area contributed by atoms with Crippen molar-refractivity contribution in [3.63, 3.8) is 0 Å². The van der Waals surface area contributed by atoms with Crippen LogP contribution in [0.25, 0.3) is 0 Å². The number of esters is 1. The van der Waals surface area contributed by atoms with Crippen molar-refractivity contribution in [2.24, 2.45) is 5.10 Å². The molecular formula is C22H17F3IN3O4S. The van der Waals surface area contributed by atoms with Crippen LogP contribution in [0.5, 0.6) is 0 Å². The molecule has 0 aromatic heterocycles. The van der Waals surface area contributed by atoms with Crippen LogP contribution in [-0.2, 0) is 14.8 Å². The quantitative estimate of drug-likeness (QED) is 0.174. The van der Waals surface area contributed by atoms with Crippen LogP contribution in [0.4, 0.5) is 24.5 Å². The van der Waals surface area contributed by atoms with Crippen LogP contribution < -0.4 is 10.1 Å². The van der Waals surface area contributed by atoms with Crippen LogP contribution >= 0.6 is 22.6 Å². The molecule has 7 nitrogen and oxygen atoms in total. The highest BCUT2D eigenvalue weighted by Crippen LogP contribution is 2.30. The number of sulfonamides is 1. The molecule has 0 saturated carbocycles. The molecule has 178 valence electrons. The molecule has 0 aliphatic carbocycles. The highest BCUT2D eigenvalue weighted by atomic mass is 127. The second kappa shape index (κ2) is 10.4. The summed E-state index contributed by atoms with van der Waals surface area (Å²) in [6.45, 7) is 1.78. The van der Waals surface area contributed by atoms with Crippen molar-refractivity contribution in [3.8, 4) is 0 Å². The Hall–Kier alpha value is -3.13. The fourth-order valence-corrected chi connectivity index (χ4v) is 4.04. The summed E-state index contributed by atoms with van der Waals surface area (Å²) >= 11 is 1.88. The first-order valence-electron chi connectivity index (χ1n) is 9.47. The Morgan fingerprint density at radius 1 is 1.06 bits per heavy atom. The van der Waals surface area contributed by atoms with E-state index in [-0.39, 0.29) is 10.6 Å². The number of methoxy groups -OCH3 is 1. The van der Waals surface area contributed by atoms with Crippen LogP contribution in [0, 0.1) is 27.9 Å². The van der Waals surface area contributed by atoms with Gasteiger partial charge < -0.3 is 10.1 Å². The SMILES string of the molecule is COC(=O)c1cc(/C=N/NS(=O)(=O)c2ccc(C)cc2)c(F)c(F)c1Nc1ccc(I)cc1F. The van der Waals surface area contributed by atoms with Gasteiger partial charge in [-0.25, -0.2) is 22.8 Å². The van der Waals surface area contributed by atoms with Gasteiger partial charge in [0.25, 0.3) is 10.0 Å². The summed E-state index contributed by atoms with van der Waals surface area (Å²) in [6, 6.07) is 10.8. The number of anilines is 2. The molecule has 0 spiro atoms. The lowest BCUT2D eigenvalue weighted by Gasteiger charge is -2.14. The number of nitrogens with zero attached hydrogens (tertiary/aromatic N) is 1. The van der Waals surface area contributed by atoms with Gasteiger partial charge in [-0.05, 0) is 65.9 Å². The normalized spacial score (nSPS) is 11.5. The molecule has 3 aromatic rings. The van der Waals surface area contributed by atoms with E-state index in [9.17, 15) is 26.4 Å². The van der Waals surface area contributed by atoms with Gasteiger partial charge in [0.1, 0.15) is 5.82 Å². The maximum absolute atomic E-state index is 14.9. The lowest BCUT2D eigenvalue weighted by Crippen LogP contribution is -2.18. The zero-order chi connectivity index (χ0) is 25.0. The van der Waals surface area contributed by atoms with E-state index >= 15 is 0 Å². The standard InChI is InChI=1S/C22H17F3IN3O4S/c1-12-3-6-15(7-4-12)34(31,32)29-27-11-13-9-16(22(30)33-2)21(20(25)19(13)24)28-18-8-5-14(26)10-17(18)23/h3-11,28-29H,1-2H3/b27-11+. The average molecular weight is 603 g/mol. The van der Waals surface area contributed by atoms with Gasteiger partial charge in [-0.15, -0.1) is 0 Å². The third kappa shape index (κ3) is 5.67. The number of ether oxygens (including phenoxy) is 1. The Morgan fingerprint density at radius 2 is 1.74 bits per heavy atom. The Bertz CT molecular complexity index is 1380. The highest BCUT2D eigenvalue weighted by molar-refractivity contribution is 14.1. The lowest BCUT2D eigenvalue weighted by atomic mass is 10.1. The monoisotopic (exact) mass is 603 g/mol. The van der Waals surface area contributed by atoms with Crippen molar-refractivity contribution in [3.05, 3.63) is 86.2 Å². The Labute approximate surface area is 207 Å². The lowest BCUT2D eigenvalue weighted by molar-refractivity contribution is 0.0601. The Balaban J connectivity index is 1.96. The van der Waals surface area contributed by atoms with E-state index in [1.165, 1.54) is 24.3 Å². The van der Waals surface area contributed by atoms with Gasteiger partial charge in [-0.2, -0.15) is 13.5 Å². The first-order valence-corrected chi connectivity index (χ1v) is 12.0. The Kier molecular flexibility index (Phi) is 7.82. The molecule has 0 heterocycles. The predicted molar refractivity (Wildman–Crippen MR) is 129 cm³/mol. The molecule has 0 atom stereocenters. The number of carbonyl (C=O) groups excluding carboxylic acids is 1. The molecule has 0 amide bonds. The number of rotatable bonds is 7. The summed E-state index contributed by atoms with van der Waals surface area (Å²) in [5.74, 6) is -4.75. The van der Waals surface area contributed by atoms with Crippen molar-refractivity contribution in [1.29, 1.82) is 0 Å². The van der Waals surface area contributed by atoms with Gasteiger partial charge in [0.2, 0.25) is 0 Å². The van der Waals surface area contributed by atoms with Gasteiger partial charge in [0.15, 0.2) is 11.6 Å². The van der Waals surface area contributed by atoms with Crippen molar-refractivity contribution >= 4 is 56.2 Å². The van der Waals surface area contributed by atoms with E-state index in [1.807, 2.05) is 27.4 Å². The topological polar surface area (TPSA) is 96.9 Å². The fourth-order valence-electron chi connectivity index (χ4n) is 2.79. The summed E-state index contributed by atoms with van der Waals surface area (Å²) in [6.07, 6.45) is 0.700. The number of carbonyl (C=O) groups is 1. The van der Waals surface area contributed by atoms with Crippen molar-refractivity contribution in [2.45, 2.75) is 11.8 Å². The number of nitrogens with one attached hydrogen (secondary N) is 2. The number of aryl methyl sites for hydroxylation is 1. The largest absolute Gasteiger partial charge is 0.465 e. The molecule has 0 unspecified atom stereocenters. The van der Waals surface area contributed by atoms with Crippen LogP contribution in [0.3, 0.4) is 0 Å². The molecule has 0 radical (unpaired) electrons. The summed E-state index contributed by atoms with van der Waals surface area (Å²) in [5.41, 5.74) is -1.01. The minimum Gasteiger partial charge on any atom is -0.465 e. The second-order valence-electron chi connectivity index (χ2n) is 6.92. The zero-order valence-corrected chi connectivity index (χ0v) is 20.7. The molecule has 34 heavy (non-hydrogen) atoms. The summed E-state index contributed by atoms with van der Waals surface area (Å²) < 4.78 is 73.7.